The van der Waals surface area contributed by atoms with Gasteiger partial charge in [-0.2, -0.15) is 0 Å². The van der Waals surface area contributed by atoms with Crippen LogP contribution in [0.4, 0.5) is 10.5 Å². The highest BCUT2D eigenvalue weighted by Gasteiger charge is 2.14. The van der Waals surface area contributed by atoms with Crippen LogP contribution in [0, 0.1) is 0 Å². The Morgan fingerprint density at radius 2 is 1.90 bits per heavy atom. The van der Waals surface area contributed by atoms with Gasteiger partial charge in [0.25, 0.3) is 0 Å². The molecule has 0 aliphatic heterocycles. The van der Waals surface area contributed by atoms with E-state index in [1.54, 1.807) is 35.0 Å². The first-order valence-electron chi connectivity index (χ1n) is 9.56. The van der Waals surface area contributed by atoms with Crippen molar-refractivity contribution in [2.24, 2.45) is 0 Å². The first-order valence-corrected chi connectivity index (χ1v) is 9.56. The second kappa shape index (κ2) is 7.82. The number of anilines is 1. The maximum atomic E-state index is 12.5. The van der Waals surface area contributed by atoms with Crippen molar-refractivity contribution >= 4 is 22.9 Å². The van der Waals surface area contributed by atoms with Crippen molar-refractivity contribution < 1.29 is 9.90 Å². The maximum absolute atomic E-state index is 12.5. The molecule has 8 heteroatoms. The van der Waals surface area contributed by atoms with E-state index in [0.717, 1.165) is 16.7 Å². The van der Waals surface area contributed by atoms with E-state index in [4.69, 9.17) is 10.1 Å². The number of H-pyrrole nitrogens is 1. The van der Waals surface area contributed by atoms with Gasteiger partial charge in [0.15, 0.2) is 11.5 Å². The zero-order chi connectivity index (χ0) is 21.3. The van der Waals surface area contributed by atoms with Crippen LogP contribution in [0.5, 0.6) is 0 Å². The van der Waals surface area contributed by atoms with Gasteiger partial charge in [0.2, 0.25) is 0 Å². The summed E-state index contributed by atoms with van der Waals surface area (Å²) in [6.07, 6.45) is 0.508. The van der Waals surface area contributed by atoms with Crippen LogP contribution in [0.15, 0.2) is 59.5 Å². The number of amides is 1. The number of rotatable bonds is 5. The van der Waals surface area contributed by atoms with E-state index in [9.17, 15) is 9.59 Å². The fourth-order valence-corrected chi connectivity index (χ4v) is 3.43. The van der Waals surface area contributed by atoms with Crippen LogP contribution >= 0.6 is 0 Å². The fraction of sp³-hybridized carbons (Fsp3) is 0.182. The molecule has 0 aliphatic rings. The quantitative estimate of drug-likeness (QED) is 0.465. The van der Waals surface area contributed by atoms with E-state index in [1.165, 1.54) is 0 Å². The number of fused-ring (bicyclic) bond motifs is 1. The monoisotopic (exact) mass is 403 g/mol. The number of hydrogen-bond donors (Lipinski definition) is 3. The van der Waals surface area contributed by atoms with Gasteiger partial charge in [-0.1, -0.05) is 50.2 Å². The lowest BCUT2D eigenvalue weighted by molar-refractivity contribution is 0.209. The first-order chi connectivity index (χ1) is 14.4. The molecular formula is C22H21N5O3. The molecule has 0 fully saturated rings. The first kappa shape index (κ1) is 19.4. The minimum Gasteiger partial charge on any atom is -0.465 e. The SMILES string of the molecule is CC(C)c1ccccc1-c1ncc2[nH]c(=O)n(Cc3ccc(NC(=O)O)cc3)c2n1. The minimum absolute atomic E-state index is 0.277. The molecule has 0 bridgehead atoms. The topological polar surface area (TPSA) is 113 Å². The number of nitrogens with one attached hydrogen (secondary N) is 2. The predicted molar refractivity (Wildman–Crippen MR) is 115 cm³/mol. The molecule has 0 saturated heterocycles. The molecule has 4 aromatic rings. The lowest BCUT2D eigenvalue weighted by Gasteiger charge is -2.11. The Hall–Kier alpha value is -3.94. The average molecular weight is 403 g/mol. The van der Waals surface area contributed by atoms with E-state index < -0.39 is 6.09 Å². The highest BCUT2D eigenvalue weighted by molar-refractivity contribution is 5.82. The van der Waals surface area contributed by atoms with Crippen LogP contribution in [0.3, 0.4) is 0 Å². The number of imidazole rings is 1. The van der Waals surface area contributed by atoms with E-state index in [2.05, 4.69) is 35.2 Å². The molecule has 2 aromatic heterocycles. The van der Waals surface area contributed by atoms with Crippen molar-refractivity contribution in [1.29, 1.82) is 0 Å². The number of carbonyl (C=O) groups is 1. The van der Waals surface area contributed by atoms with Crippen molar-refractivity contribution in [3.63, 3.8) is 0 Å². The molecule has 152 valence electrons. The molecule has 0 aliphatic carbocycles. The summed E-state index contributed by atoms with van der Waals surface area (Å²) in [5.74, 6) is 0.882. The van der Waals surface area contributed by atoms with Gasteiger partial charge in [-0.15, -0.1) is 0 Å². The summed E-state index contributed by atoms with van der Waals surface area (Å²) >= 11 is 0. The normalized spacial score (nSPS) is 11.2. The van der Waals surface area contributed by atoms with Crippen LogP contribution in [0.1, 0.15) is 30.9 Å². The molecule has 0 unspecified atom stereocenters. The molecule has 2 heterocycles. The van der Waals surface area contributed by atoms with Crippen molar-refractivity contribution in [2.75, 3.05) is 5.32 Å². The van der Waals surface area contributed by atoms with Gasteiger partial charge in [0, 0.05) is 11.3 Å². The summed E-state index contributed by atoms with van der Waals surface area (Å²) < 4.78 is 1.55. The third kappa shape index (κ3) is 3.80. The van der Waals surface area contributed by atoms with Crippen molar-refractivity contribution in [2.45, 2.75) is 26.3 Å². The standard InChI is InChI=1S/C22H21N5O3/c1-13(2)16-5-3-4-6-17(16)19-23-11-18-20(26-19)27(21(28)25-18)12-14-7-9-15(10-8-14)24-22(29)30/h3-11,13,24H,12H2,1-2H3,(H,25,28)(H,29,30). The predicted octanol–water partition coefficient (Wildman–Crippen LogP) is 4.05. The highest BCUT2D eigenvalue weighted by atomic mass is 16.4. The molecular weight excluding hydrogens is 382 g/mol. The van der Waals surface area contributed by atoms with E-state index >= 15 is 0 Å². The Balaban J connectivity index is 1.73. The van der Waals surface area contributed by atoms with Crippen molar-refractivity contribution in [3.05, 3.63) is 76.3 Å². The van der Waals surface area contributed by atoms with Gasteiger partial charge >= 0.3 is 11.8 Å². The molecule has 0 spiro atoms. The van der Waals surface area contributed by atoms with Gasteiger partial charge in [0.1, 0.15) is 5.52 Å². The number of hydrogen-bond acceptors (Lipinski definition) is 4. The third-order valence-corrected chi connectivity index (χ3v) is 4.88. The summed E-state index contributed by atoms with van der Waals surface area (Å²) in [5, 5.41) is 11.1. The molecule has 3 N–H and O–H groups in total. The summed E-state index contributed by atoms with van der Waals surface area (Å²) in [6.45, 7) is 4.54. The van der Waals surface area contributed by atoms with E-state index in [-0.39, 0.29) is 5.69 Å². The molecule has 0 saturated carbocycles. The lowest BCUT2D eigenvalue weighted by atomic mass is 9.97. The zero-order valence-electron chi connectivity index (χ0n) is 16.6. The Bertz CT molecular complexity index is 1270. The molecule has 4 rings (SSSR count). The fourth-order valence-electron chi connectivity index (χ4n) is 3.43. The largest absolute Gasteiger partial charge is 0.465 e. The molecule has 8 nitrogen and oxygen atoms in total. The second-order valence-corrected chi connectivity index (χ2v) is 7.32. The summed E-state index contributed by atoms with van der Waals surface area (Å²) in [7, 11) is 0. The second-order valence-electron chi connectivity index (χ2n) is 7.32. The van der Waals surface area contributed by atoms with Crippen LogP contribution < -0.4 is 11.0 Å². The molecule has 1 amide bonds. The van der Waals surface area contributed by atoms with Gasteiger partial charge in [0.05, 0.1) is 12.7 Å². The Morgan fingerprint density at radius 1 is 1.17 bits per heavy atom. The molecule has 2 aromatic carbocycles. The summed E-state index contributed by atoms with van der Waals surface area (Å²) in [4.78, 5) is 35.2. The van der Waals surface area contributed by atoms with Gasteiger partial charge in [-0.3, -0.25) is 9.88 Å². The third-order valence-electron chi connectivity index (χ3n) is 4.88. The van der Waals surface area contributed by atoms with Crippen molar-refractivity contribution in [3.8, 4) is 11.4 Å². The number of carboxylic acid groups (broad SMARTS) is 1. The van der Waals surface area contributed by atoms with E-state index in [1.807, 2.05) is 18.2 Å². The molecule has 0 atom stereocenters. The van der Waals surface area contributed by atoms with Gasteiger partial charge in [-0.05, 0) is 29.2 Å². The maximum Gasteiger partial charge on any atom is 0.409 e. The van der Waals surface area contributed by atoms with Gasteiger partial charge in [-0.25, -0.2) is 19.6 Å². The number of aromatic amines is 1. The van der Waals surface area contributed by atoms with Crippen LogP contribution in [0.25, 0.3) is 22.6 Å². The smallest absolute Gasteiger partial charge is 0.409 e. The van der Waals surface area contributed by atoms with Crippen LogP contribution in [-0.4, -0.2) is 30.7 Å². The van der Waals surface area contributed by atoms with Crippen LogP contribution in [-0.2, 0) is 6.54 Å². The Labute approximate surface area is 172 Å². The number of aromatic nitrogens is 4. The van der Waals surface area contributed by atoms with Crippen molar-refractivity contribution in [1.82, 2.24) is 19.5 Å². The molecule has 0 radical (unpaired) electrons. The highest BCUT2D eigenvalue weighted by Crippen LogP contribution is 2.27. The molecule has 30 heavy (non-hydrogen) atoms. The van der Waals surface area contributed by atoms with Gasteiger partial charge < -0.3 is 10.1 Å². The zero-order valence-corrected chi connectivity index (χ0v) is 16.6. The Morgan fingerprint density at radius 3 is 2.60 bits per heavy atom. The number of nitrogens with zero attached hydrogens (tertiary/aromatic N) is 3. The number of benzene rings is 2. The van der Waals surface area contributed by atoms with Crippen LogP contribution in [0.2, 0.25) is 0 Å². The average Bonchev–Trinajstić information content (AvgIpc) is 3.03. The van der Waals surface area contributed by atoms with E-state index in [0.29, 0.717) is 35.1 Å². The summed E-state index contributed by atoms with van der Waals surface area (Å²) in [5.41, 5.74) is 4.21. The minimum atomic E-state index is -1.12. The Kier molecular flexibility index (Phi) is 5.05. The summed E-state index contributed by atoms with van der Waals surface area (Å²) in [6, 6.07) is 14.8. The lowest BCUT2D eigenvalue weighted by Crippen LogP contribution is -2.18.